The van der Waals surface area contributed by atoms with Crippen molar-refractivity contribution in [3.05, 3.63) is 59.5 Å². The number of nitrogens with one attached hydrogen (secondary N) is 1. The maximum Gasteiger partial charge on any atom is 0.329 e. The number of anilines is 1. The number of hydrogen-bond acceptors (Lipinski definition) is 21. The summed E-state index contributed by atoms with van der Waals surface area (Å²) >= 11 is 0. The number of allylic oxidation sites excluding steroid dienone is 6. The van der Waals surface area contributed by atoms with E-state index in [-0.39, 0.29) is 72.7 Å². The molecule has 7 heterocycles. The fourth-order valence-electron chi connectivity index (χ4n) is 14.0. The van der Waals surface area contributed by atoms with Crippen LogP contribution in [-0.4, -0.2) is 175 Å². The summed E-state index contributed by atoms with van der Waals surface area (Å²) in [7, 11) is 2.93. The number of fused-ring (bicyclic) bond motifs is 4. The average Bonchev–Trinajstić information content (AvgIpc) is 1.47. The van der Waals surface area contributed by atoms with Crippen molar-refractivity contribution in [3.63, 3.8) is 0 Å². The van der Waals surface area contributed by atoms with Gasteiger partial charge in [-0.25, -0.2) is 19.4 Å². The number of amides is 1. The lowest BCUT2D eigenvalue weighted by molar-refractivity contribution is -0.266. The van der Waals surface area contributed by atoms with E-state index in [4.69, 9.17) is 48.8 Å². The highest BCUT2D eigenvalue weighted by atomic mass is 16.6. The number of aliphatic hydroxyl groups is 3. The van der Waals surface area contributed by atoms with Crippen LogP contribution in [0.25, 0.3) is 22.6 Å². The number of rotatable bonds is 12. The Morgan fingerprint density at radius 1 is 0.915 bits per heavy atom. The number of carbonyl (C=O) groups excluding carboxylic acids is 5. The third kappa shape index (κ3) is 17.9. The van der Waals surface area contributed by atoms with Crippen molar-refractivity contribution in [2.75, 3.05) is 46.2 Å². The molecular formula is C71H102N8O15. The van der Waals surface area contributed by atoms with Gasteiger partial charge in [0.05, 0.1) is 37.2 Å². The molecule has 0 radical (unpaired) electrons. The van der Waals surface area contributed by atoms with Gasteiger partial charge in [-0.05, 0) is 163 Å². The Morgan fingerprint density at radius 2 is 1.69 bits per heavy atom. The molecule has 6 N–H and O–H groups in total. The molecular weight excluding hydrogens is 1200 g/mol. The summed E-state index contributed by atoms with van der Waals surface area (Å²) in [5.74, 6) is -0.909. The van der Waals surface area contributed by atoms with E-state index >= 15 is 0 Å². The maximum absolute atomic E-state index is 14.9. The quantitative estimate of drug-likeness (QED) is 0.0494. The molecule has 516 valence electrons. The molecule has 5 aliphatic rings. The molecule has 16 atom stereocenters. The molecule has 1 aliphatic carbocycles. The SMILES string of the molecule is CCn1c(-c2nonc2N)nc2c(C#CC(C)(C)O[C@H]3C[C@@H]4CC[C@@H](C)[C@@](O)(O4)C(=O)C(=O)N4CCCCC4C(=O)O[C@H](C(C)C[C@H]4CC[C@@H](O)[C@H](OC)C4)CC(=O)[C@H](C)/C=C(\C)[C@@H](O)[C@@H](OC)C(=O)[C@H](C)C[C@H](C)/C=C/C=CC=C3C)ncc(OC[C@H]3CCCNC3)c21. The Bertz CT molecular complexity index is 3320. The topological polar surface area (TPSA) is 312 Å². The molecule has 1 amide bonds. The van der Waals surface area contributed by atoms with Crippen LogP contribution in [0.4, 0.5) is 5.82 Å². The molecule has 94 heavy (non-hydrogen) atoms. The van der Waals surface area contributed by atoms with Crippen LogP contribution in [0.1, 0.15) is 165 Å². The molecule has 0 aromatic carbocycles. The third-order valence-electron chi connectivity index (χ3n) is 19.8. The molecule has 8 rings (SSSR count). The normalized spacial score (nSPS) is 32.5. The summed E-state index contributed by atoms with van der Waals surface area (Å²) in [6.45, 7) is 20.9. The van der Waals surface area contributed by atoms with Crippen molar-refractivity contribution in [1.29, 1.82) is 0 Å². The second-order valence-electron chi connectivity index (χ2n) is 27.6. The average molecular weight is 1310 g/mol. The van der Waals surface area contributed by atoms with E-state index in [0.29, 0.717) is 111 Å². The molecule has 23 heteroatoms. The summed E-state index contributed by atoms with van der Waals surface area (Å²) in [4.78, 5) is 83.8. The van der Waals surface area contributed by atoms with Gasteiger partial charge in [0.15, 0.2) is 28.9 Å². The number of carbonyl (C=O) groups is 5. The van der Waals surface area contributed by atoms with E-state index < -0.39 is 89.5 Å². The van der Waals surface area contributed by atoms with Crippen LogP contribution in [0.15, 0.2) is 58.4 Å². The standard InChI is InChI=1S/C71H102N8O15/c1-13-78-61-58(90-40-49-22-19-30-73-38-49)39-74-51(59(61)75-67(78)60-66(72)77-94-76-60)28-29-70(9,10)93-56-36-50-26-24-47(8)71(87,92-50)65(84)68(85)79-31-18-17-23-52(79)69(86)91-55(44(5)34-48-25-27-53(80)57(35-48)88-11)37-54(81)43(4)33-46(7)63(83)64(89-12)62(82)45(6)32-41(2)20-15-14-16-21-42(56)3/h14-16,20-21,33,39,41,43-45,47-50,52-53,55-57,63-64,73,80,83,87H,13,17-19,22-27,30-32,34-38,40H2,1-12H3,(H2,72,77)/b16-14?,20-15+,42-21?,46-33+/t41-,43-,44?,45-,47-,48-,49+,50+,52?,53-,55+,56+,57-,63-,64+,71-/m1/s1. The second-order valence-corrected chi connectivity index (χ2v) is 27.6. The van der Waals surface area contributed by atoms with E-state index in [2.05, 4.69) is 27.5 Å². The van der Waals surface area contributed by atoms with Gasteiger partial charge in [0.2, 0.25) is 5.79 Å². The number of cyclic esters (lactones) is 1. The number of aromatic nitrogens is 5. The van der Waals surface area contributed by atoms with Crippen LogP contribution < -0.4 is 15.8 Å². The van der Waals surface area contributed by atoms with Gasteiger partial charge in [0.25, 0.3) is 11.7 Å². The van der Waals surface area contributed by atoms with Gasteiger partial charge >= 0.3 is 5.97 Å². The summed E-state index contributed by atoms with van der Waals surface area (Å²) in [5, 5.41) is 46.2. The van der Waals surface area contributed by atoms with Gasteiger partial charge in [-0.15, -0.1) is 0 Å². The first kappa shape index (κ1) is 73.3. The minimum absolute atomic E-state index is 0.0255. The number of pyridine rings is 1. The van der Waals surface area contributed by atoms with Gasteiger partial charge in [-0.3, -0.25) is 19.2 Å². The number of hydrogen-bond donors (Lipinski definition) is 5. The van der Waals surface area contributed by atoms with Gasteiger partial charge in [-0.1, -0.05) is 77.0 Å². The van der Waals surface area contributed by atoms with Crippen LogP contribution in [0, 0.1) is 53.3 Å². The van der Waals surface area contributed by atoms with Crippen molar-refractivity contribution >= 4 is 46.1 Å². The number of imidazole rings is 1. The number of Topliss-reactive ketones (excluding diaryl/α,β-unsaturated/α-hetero) is 3. The van der Waals surface area contributed by atoms with Gasteiger partial charge < -0.3 is 64.3 Å². The van der Waals surface area contributed by atoms with Crippen molar-refractivity contribution in [3.8, 4) is 29.1 Å². The Labute approximate surface area is 553 Å². The highest BCUT2D eigenvalue weighted by Gasteiger charge is 2.53. The second kappa shape index (κ2) is 33.0. The molecule has 2 bridgehead atoms. The van der Waals surface area contributed by atoms with E-state index in [1.165, 1.54) is 12.0 Å². The molecule has 4 aliphatic heterocycles. The first-order chi connectivity index (χ1) is 44.8. The van der Waals surface area contributed by atoms with Crippen LogP contribution >= 0.6 is 0 Å². The first-order valence-corrected chi connectivity index (χ1v) is 33.9. The highest BCUT2D eigenvalue weighted by Crippen LogP contribution is 2.40. The van der Waals surface area contributed by atoms with Crippen molar-refractivity contribution in [2.45, 2.75) is 226 Å². The van der Waals surface area contributed by atoms with Gasteiger partial charge in [-0.2, -0.15) is 0 Å². The van der Waals surface area contributed by atoms with Crippen LogP contribution in [0.2, 0.25) is 0 Å². The van der Waals surface area contributed by atoms with E-state index in [0.717, 1.165) is 31.5 Å². The number of nitrogens with two attached hydrogens (primary N) is 1. The zero-order valence-corrected chi connectivity index (χ0v) is 57.1. The minimum Gasteiger partial charge on any atom is -0.489 e. The largest absolute Gasteiger partial charge is 0.489 e. The molecule has 23 nitrogen and oxygen atoms in total. The number of aryl methyl sites for hydroxylation is 1. The van der Waals surface area contributed by atoms with Crippen molar-refractivity contribution < 1.29 is 72.3 Å². The lowest BCUT2D eigenvalue weighted by atomic mass is 9.78. The lowest BCUT2D eigenvalue weighted by Gasteiger charge is -2.43. The Balaban J connectivity index is 1.12. The van der Waals surface area contributed by atoms with E-state index in [9.17, 15) is 39.3 Å². The summed E-state index contributed by atoms with van der Waals surface area (Å²) < 4.78 is 44.5. The predicted molar refractivity (Wildman–Crippen MR) is 352 cm³/mol. The molecule has 4 fully saturated rings. The number of esters is 1. The van der Waals surface area contributed by atoms with Gasteiger partial charge in [0.1, 0.15) is 52.5 Å². The molecule has 3 aromatic rings. The molecule has 2 unspecified atom stereocenters. The fourth-order valence-corrected chi connectivity index (χ4v) is 14.0. The van der Waals surface area contributed by atoms with E-state index in [1.807, 2.05) is 76.5 Å². The van der Waals surface area contributed by atoms with E-state index in [1.54, 1.807) is 47.1 Å². The molecule has 3 saturated heterocycles. The zero-order chi connectivity index (χ0) is 68.2. The lowest BCUT2D eigenvalue weighted by Crippen LogP contribution is -2.61. The minimum atomic E-state index is -2.59. The molecule has 0 spiro atoms. The maximum atomic E-state index is 14.9. The van der Waals surface area contributed by atoms with Crippen molar-refractivity contribution in [2.24, 2.45) is 41.4 Å². The van der Waals surface area contributed by atoms with Crippen molar-refractivity contribution in [1.82, 2.24) is 35.1 Å². The van der Waals surface area contributed by atoms with Crippen LogP contribution in [-0.2, 0) is 54.2 Å². The number of nitrogen functional groups attached to an aromatic ring is 1. The number of nitrogens with zero attached hydrogens (tertiary/aromatic N) is 6. The smallest absolute Gasteiger partial charge is 0.329 e. The number of aliphatic hydroxyl groups excluding tert-OH is 2. The number of ether oxygens (including phenoxy) is 6. The number of piperidine rings is 2. The van der Waals surface area contributed by atoms with Gasteiger partial charge in [0, 0.05) is 70.4 Å². The summed E-state index contributed by atoms with van der Waals surface area (Å²) in [6, 6.07) is -1.22. The Hall–Kier alpha value is -6.49. The third-order valence-corrected chi connectivity index (χ3v) is 19.8. The number of methoxy groups -OCH3 is 2. The summed E-state index contributed by atoms with van der Waals surface area (Å²) in [6.07, 6.45) is 13.2. The predicted octanol–water partition coefficient (Wildman–Crippen LogP) is 8.16. The Kier molecular flexibility index (Phi) is 25.7. The first-order valence-electron chi connectivity index (χ1n) is 33.9. The van der Waals surface area contributed by atoms with Crippen LogP contribution in [0.5, 0.6) is 5.75 Å². The zero-order valence-electron chi connectivity index (χ0n) is 57.1. The van der Waals surface area contributed by atoms with Crippen LogP contribution in [0.3, 0.4) is 0 Å². The molecule has 3 aromatic heterocycles. The molecule has 1 saturated carbocycles. The monoisotopic (exact) mass is 1310 g/mol. The summed E-state index contributed by atoms with van der Waals surface area (Å²) in [5.41, 5.74) is 7.81. The Morgan fingerprint density at radius 3 is 2.39 bits per heavy atom. The highest BCUT2D eigenvalue weighted by molar-refractivity contribution is 6.39. The number of ketones is 3. The fraction of sp³-hybridized carbons (Fsp3) is 0.676.